The number of carbonyl (C=O) groups excluding carboxylic acids is 2. The minimum absolute atomic E-state index is 0.0944. The Bertz CT molecular complexity index is 1360. The predicted molar refractivity (Wildman–Crippen MR) is 150 cm³/mol. The molecule has 0 fully saturated rings. The Hall–Kier alpha value is -3.24. The van der Waals surface area contributed by atoms with E-state index in [1.54, 1.807) is 31.2 Å². The van der Waals surface area contributed by atoms with Gasteiger partial charge in [-0.15, -0.1) is 0 Å². The van der Waals surface area contributed by atoms with E-state index < -0.39 is 34.3 Å². The van der Waals surface area contributed by atoms with Crippen LogP contribution < -0.4 is 9.62 Å². The van der Waals surface area contributed by atoms with Crippen LogP contribution in [-0.4, -0.2) is 43.8 Å². The molecular weight excluding hydrogens is 573 g/mol. The number of nitrogens with zero attached hydrogens (tertiary/aromatic N) is 2. The lowest BCUT2D eigenvalue weighted by Crippen LogP contribution is -2.52. The van der Waals surface area contributed by atoms with Crippen LogP contribution in [0.15, 0.2) is 82.2 Å². The monoisotopic (exact) mass is 603 g/mol. The van der Waals surface area contributed by atoms with Crippen LogP contribution in [-0.2, 0) is 26.2 Å². The van der Waals surface area contributed by atoms with Gasteiger partial charge in [-0.2, -0.15) is 0 Å². The number of rotatable bonds is 10. The number of sulfonamides is 1. The molecule has 0 radical (unpaired) electrons. The van der Waals surface area contributed by atoms with Gasteiger partial charge in [0.2, 0.25) is 11.8 Å². The predicted octanol–water partition coefficient (Wildman–Crippen LogP) is 5.03. The van der Waals surface area contributed by atoms with Crippen LogP contribution in [0.2, 0.25) is 0 Å². The van der Waals surface area contributed by atoms with E-state index in [1.807, 2.05) is 45.0 Å². The lowest BCUT2D eigenvalue weighted by atomic mass is 10.1. The van der Waals surface area contributed by atoms with Crippen LogP contribution in [0.25, 0.3) is 0 Å². The number of carbonyl (C=O) groups is 2. The van der Waals surface area contributed by atoms with E-state index >= 15 is 0 Å². The summed E-state index contributed by atoms with van der Waals surface area (Å²) in [6.45, 7) is 6.65. The molecule has 0 aliphatic heterocycles. The molecule has 3 aromatic carbocycles. The molecule has 0 unspecified atom stereocenters. The highest BCUT2D eigenvalue weighted by atomic mass is 79.9. The fraction of sp³-hybridized carbons (Fsp3) is 0.286. The zero-order valence-electron chi connectivity index (χ0n) is 21.7. The number of hydrogen-bond donors (Lipinski definition) is 1. The molecule has 38 heavy (non-hydrogen) atoms. The highest BCUT2D eigenvalue weighted by molar-refractivity contribution is 9.10. The number of nitrogens with one attached hydrogen (secondary N) is 1. The molecule has 0 saturated heterocycles. The topological polar surface area (TPSA) is 86.8 Å². The smallest absolute Gasteiger partial charge is 0.264 e. The molecule has 0 heterocycles. The quantitative estimate of drug-likeness (QED) is 0.352. The number of hydrogen-bond acceptors (Lipinski definition) is 4. The Labute approximate surface area is 231 Å². The zero-order chi connectivity index (χ0) is 28.0. The number of halogens is 2. The highest BCUT2D eigenvalue weighted by Crippen LogP contribution is 2.25. The van der Waals surface area contributed by atoms with Crippen LogP contribution in [0.4, 0.5) is 10.1 Å². The molecule has 1 N–H and O–H groups in total. The second-order valence-corrected chi connectivity index (χ2v) is 12.1. The molecule has 2 amide bonds. The maximum absolute atomic E-state index is 13.8. The Morgan fingerprint density at radius 3 is 2.05 bits per heavy atom. The first-order valence-corrected chi connectivity index (χ1v) is 14.3. The minimum Gasteiger partial charge on any atom is -0.352 e. The fourth-order valence-electron chi connectivity index (χ4n) is 3.75. The molecule has 3 aromatic rings. The summed E-state index contributed by atoms with van der Waals surface area (Å²) in [7, 11) is -4.24. The summed E-state index contributed by atoms with van der Waals surface area (Å²) in [5.41, 5.74) is 1.96. The molecule has 1 atom stereocenters. The van der Waals surface area contributed by atoms with Crippen molar-refractivity contribution in [1.82, 2.24) is 10.2 Å². The lowest BCUT2D eigenvalue weighted by molar-refractivity contribution is -0.139. The van der Waals surface area contributed by atoms with Crippen molar-refractivity contribution in [2.24, 2.45) is 0 Å². The summed E-state index contributed by atoms with van der Waals surface area (Å²) < 4.78 is 42.7. The van der Waals surface area contributed by atoms with Crippen LogP contribution in [0.1, 0.15) is 31.9 Å². The van der Waals surface area contributed by atoms with Crippen molar-refractivity contribution < 1.29 is 22.4 Å². The Morgan fingerprint density at radius 2 is 1.50 bits per heavy atom. The van der Waals surface area contributed by atoms with Gasteiger partial charge in [-0.05, 0) is 81.8 Å². The number of anilines is 1. The number of aryl methyl sites for hydroxylation is 1. The van der Waals surface area contributed by atoms with Crippen molar-refractivity contribution in [2.75, 3.05) is 10.8 Å². The van der Waals surface area contributed by atoms with E-state index in [0.29, 0.717) is 0 Å². The van der Waals surface area contributed by atoms with E-state index in [0.717, 1.165) is 44.2 Å². The summed E-state index contributed by atoms with van der Waals surface area (Å²) in [4.78, 5) is 27.9. The molecular formula is C28H31BrFN3O4S. The first-order valence-electron chi connectivity index (χ1n) is 12.1. The van der Waals surface area contributed by atoms with Gasteiger partial charge in [0.15, 0.2) is 0 Å². The third kappa shape index (κ3) is 7.41. The van der Waals surface area contributed by atoms with Crippen molar-refractivity contribution in [3.8, 4) is 0 Å². The van der Waals surface area contributed by atoms with Gasteiger partial charge in [0.25, 0.3) is 10.0 Å². The fourth-order valence-corrected chi connectivity index (χ4v) is 5.43. The number of amides is 2. The van der Waals surface area contributed by atoms with Gasteiger partial charge in [-0.1, -0.05) is 45.8 Å². The summed E-state index contributed by atoms with van der Waals surface area (Å²) in [6, 6.07) is 17.4. The van der Waals surface area contributed by atoms with E-state index in [1.165, 1.54) is 4.90 Å². The molecule has 3 rings (SSSR count). The average molecular weight is 605 g/mol. The van der Waals surface area contributed by atoms with Gasteiger partial charge in [0.05, 0.1) is 10.6 Å². The van der Waals surface area contributed by atoms with Crippen LogP contribution in [0.3, 0.4) is 0 Å². The molecule has 202 valence electrons. The van der Waals surface area contributed by atoms with Crippen molar-refractivity contribution >= 4 is 43.5 Å². The second kappa shape index (κ2) is 12.5. The van der Waals surface area contributed by atoms with Gasteiger partial charge in [-0.3, -0.25) is 13.9 Å². The molecule has 0 aromatic heterocycles. The van der Waals surface area contributed by atoms with Crippen molar-refractivity contribution in [3.05, 3.63) is 94.2 Å². The summed E-state index contributed by atoms with van der Waals surface area (Å²) in [6.07, 6.45) is 0. The highest BCUT2D eigenvalue weighted by Gasteiger charge is 2.32. The second-order valence-electron chi connectivity index (χ2n) is 9.29. The first kappa shape index (κ1) is 29.3. The van der Waals surface area contributed by atoms with Gasteiger partial charge in [-0.25, -0.2) is 12.8 Å². The lowest BCUT2D eigenvalue weighted by Gasteiger charge is -2.32. The van der Waals surface area contributed by atoms with E-state index in [2.05, 4.69) is 21.2 Å². The Kier molecular flexibility index (Phi) is 9.67. The Morgan fingerprint density at radius 1 is 0.921 bits per heavy atom. The van der Waals surface area contributed by atoms with Gasteiger partial charge >= 0.3 is 0 Å². The first-order chi connectivity index (χ1) is 17.9. The SMILES string of the molecule is Cc1ccc(N(CC(=O)N(Cc2ccc(Br)cc2)[C@H](C)C(=O)NC(C)C)S(=O)(=O)c2ccc(F)cc2)cc1. The zero-order valence-corrected chi connectivity index (χ0v) is 24.1. The van der Waals surface area contributed by atoms with Crippen molar-refractivity contribution in [3.63, 3.8) is 0 Å². The standard InChI is InChI=1S/C28H31BrFN3O4S/c1-19(2)31-28(35)21(4)32(17-22-7-9-23(29)10-8-22)27(34)18-33(25-13-5-20(3)6-14-25)38(36,37)26-15-11-24(30)12-16-26/h5-16,19,21H,17-18H2,1-4H3,(H,31,35)/t21-/m1/s1. The summed E-state index contributed by atoms with van der Waals surface area (Å²) >= 11 is 3.39. The summed E-state index contributed by atoms with van der Waals surface area (Å²) in [5.74, 6) is -1.49. The van der Waals surface area contributed by atoms with E-state index in [-0.39, 0.29) is 29.1 Å². The van der Waals surface area contributed by atoms with Gasteiger partial charge in [0, 0.05) is 17.1 Å². The van der Waals surface area contributed by atoms with Gasteiger partial charge in [0.1, 0.15) is 18.4 Å². The maximum atomic E-state index is 13.8. The molecule has 10 heteroatoms. The van der Waals surface area contributed by atoms with Gasteiger partial charge < -0.3 is 10.2 Å². The molecule has 7 nitrogen and oxygen atoms in total. The average Bonchev–Trinajstić information content (AvgIpc) is 2.87. The summed E-state index contributed by atoms with van der Waals surface area (Å²) in [5, 5.41) is 2.82. The van der Waals surface area contributed by atoms with E-state index in [9.17, 15) is 22.4 Å². The van der Waals surface area contributed by atoms with Crippen LogP contribution in [0.5, 0.6) is 0 Å². The third-order valence-electron chi connectivity index (χ3n) is 5.87. The Balaban J connectivity index is 2.02. The normalized spacial score (nSPS) is 12.2. The van der Waals surface area contributed by atoms with Crippen molar-refractivity contribution in [1.29, 1.82) is 0 Å². The molecule has 0 bridgehead atoms. The largest absolute Gasteiger partial charge is 0.352 e. The third-order valence-corrected chi connectivity index (χ3v) is 8.18. The molecule has 0 saturated carbocycles. The van der Waals surface area contributed by atoms with Crippen LogP contribution in [0, 0.1) is 12.7 Å². The minimum atomic E-state index is -4.24. The van der Waals surface area contributed by atoms with E-state index in [4.69, 9.17) is 0 Å². The molecule has 0 aliphatic rings. The molecule has 0 aliphatic carbocycles. The van der Waals surface area contributed by atoms with Crippen molar-refractivity contribution in [2.45, 2.75) is 51.2 Å². The number of benzene rings is 3. The molecule has 0 spiro atoms. The van der Waals surface area contributed by atoms with Crippen LogP contribution >= 0.6 is 15.9 Å². The maximum Gasteiger partial charge on any atom is 0.264 e.